The van der Waals surface area contributed by atoms with Crippen molar-refractivity contribution in [1.82, 2.24) is 14.9 Å². The van der Waals surface area contributed by atoms with Crippen LogP contribution in [0, 0.1) is 0 Å². The second-order valence-corrected chi connectivity index (χ2v) is 4.62. The van der Waals surface area contributed by atoms with Crippen LogP contribution < -0.4 is 5.32 Å². The molecule has 0 spiro atoms. The second kappa shape index (κ2) is 6.12. The smallest absolute Gasteiger partial charge is 0.303 e. The molecule has 0 saturated heterocycles. The summed E-state index contributed by atoms with van der Waals surface area (Å²) in [5, 5.41) is 3.80. The van der Waals surface area contributed by atoms with Crippen molar-refractivity contribution >= 4 is 11.6 Å². The summed E-state index contributed by atoms with van der Waals surface area (Å²) in [6.07, 6.45) is 2.64. The molecule has 0 aliphatic rings. The summed E-state index contributed by atoms with van der Waals surface area (Å²) in [6.45, 7) is -0.354. The molecule has 1 atom stereocenters. The predicted molar refractivity (Wildman–Crippen MR) is 70.2 cm³/mol. The molecule has 1 aromatic heterocycles. The average molecular weight is 286 g/mol. The third-order valence-corrected chi connectivity index (χ3v) is 3.11. The van der Waals surface area contributed by atoms with Gasteiger partial charge in [-0.25, -0.2) is 4.98 Å². The zero-order valence-electron chi connectivity index (χ0n) is 10.4. The Labute approximate surface area is 115 Å². The number of benzene rings is 1. The maximum absolute atomic E-state index is 12.6. The number of nitrogens with one attached hydrogen (secondary N) is 1. The third-order valence-electron chi connectivity index (χ3n) is 2.87. The quantitative estimate of drug-likeness (QED) is 0.906. The van der Waals surface area contributed by atoms with Crippen molar-refractivity contribution in [2.75, 3.05) is 0 Å². The summed E-state index contributed by atoms with van der Waals surface area (Å²) < 4.78 is 26.1. The summed E-state index contributed by atoms with van der Waals surface area (Å²) in [7, 11) is 0. The molecule has 0 fully saturated rings. The van der Waals surface area contributed by atoms with Gasteiger partial charge in [-0.05, 0) is 24.6 Å². The van der Waals surface area contributed by atoms with E-state index in [0.717, 1.165) is 10.1 Å². The topological polar surface area (TPSA) is 29.9 Å². The molecular formula is C13H14ClF2N3. The minimum Gasteiger partial charge on any atom is -0.303 e. The first-order valence-electron chi connectivity index (χ1n) is 5.86. The van der Waals surface area contributed by atoms with Crippen LogP contribution in [0.4, 0.5) is 8.78 Å². The monoisotopic (exact) mass is 285 g/mol. The number of aromatic nitrogens is 2. The fourth-order valence-corrected chi connectivity index (χ4v) is 2.00. The molecule has 0 unspecified atom stereocenters. The Morgan fingerprint density at radius 2 is 2.21 bits per heavy atom. The van der Waals surface area contributed by atoms with Gasteiger partial charge in [-0.2, -0.15) is 8.78 Å². The molecule has 102 valence electrons. The summed E-state index contributed by atoms with van der Waals surface area (Å²) in [4.78, 5) is 3.92. The molecule has 0 saturated carbocycles. The summed E-state index contributed by atoms with van der Waals surface area (Å²) in [5.74, 6) is 0.309. The van der Waals surface area contributed by atoms with E-state index in [9.17, 15) is 8.78 Å². The van der Waals surface area contributed by atoms with Crippen molar-refractivity contribution in [3.05, 3.63) is 53.1 Å². The van der Waals surface area contributed by atoms with Crippen LogP contribution in [0.1, 0.15) is 30.9 Å². The van der Waals surface area contributed by atoms with Crippen LogP contribution in [0.25, 0.3) is 0 Å². The van der Waals surface area contributed by atoms with Gasteiger partial charge in [0.25, 0.3) is 0 Å². The van der Waals surface area contributed by atoms with E-state index in [1.807, 2.05) is 25.1 Å². The molecule has 1 aromatic carbocycles. The van der Waals surface area contributed by atoms with Crippen LogP contribution in [-0.4, -0.2) is 9.55 Å². The van der Waals surface area contributed by atoms with E-state index in [1.54, 1.807) is 6.07 Å². The zero-order valence-corrected chi connectivity index (χ0v) is 11.1. The lowest BCUT2D eigenvalue weighted by Crippen LogP contribution is -2.20. The van der Waals surface area contributed by atoms with Crippen molar-refractivity contribution in [3.63, 3.8) is 0 Å². The van der Waals surface area contributed by atoms with E-state index in [2.05, 4.69) is 10.3 Å². The van der Waals surface area contributed by atoms with Gasteiger partial charge in [0.15, 0.2) is 0 Å². The maximum atomic E-state index is 12.6. The molecule has 1 N–H and O–H groups in total. The largest absolute Gasteiger partial charge is 0.319 e. The van der Waals surface area contributed by atoms with Crippen molar-refractivity contribution in [2.45, 2.75) is 26.1 Å². The van der Waals surface area contributed by atoms with Gasteiger partial charge in [-0.15, -0.1) is 0 Å². The Morgan fingerprint density at radius 1 is 1.42 bits per heavy atom. The van der Waals surface area contributed by atoms with Gasteiger partial charge in [0, 0.05) is 23.5 Å². The molecule has 2 aromatic rings. The molecule has 6 heteroatoms. The van der Waals surface area contributed by atoms with Crippen molar-refractivity contribution in [1.29, 1.82) is 0 Å². The van der Waals surface area contributed by atoms with Gasteiger partial charge in [-0.1, -0.05) is 23.7 Å². The first-order valence-corrected chi connectivity index (χ1v) is 6.24. The Hall–Kier alpha value is -1.46. The van der Waals surface area contributed by atoms with Gasteiger partial charge >= 0.3 is 6.55 Å². The van der Waals surface area contributed by atoms with Gasteiger partial charge in [0.2, 0.25) is 0 Å². The Kier molecular flexibility index (Phi) is 4.50. The molecule has 1 heterocycles. The molecule has 0 aliphatic carbocycles. The molecule has 3 nitrogen and oxygen atoms in total. The Morgan fingerprint density at radius 3 is 2.89 bits per heavy atom. The van der Waals surface area contributed by atoms with Crippen LogP contribution in [0.3, 0.4) is 0 Å². The van der Waals surface area contributed by atoms with Gasteiger partial charge in [0.1, 0.15) is 5.82 Å². The van der Waals surface area contributed by atoms with E-state index >= 15 is 0 Å². The van der Waals surface area contributed by atoms with Crippen molar-refractivity contribution in [2.24, 2.45) is 0 Å². The molecule has 0 radical (unpaired) electrons. The number of imidazole rings is 1. The lowest BCUT2D eigenvalue weighted by molar-refractivity contribution is 0.0665. The van der Waals surface area contributed by atoms with Crippen LogP contribution in [0.15, 0.2) is 36.7 Å². The number of halogens is 3. The number of rotatable bonds is 5. The third kappa shape index (κ3) is 3.52. The first kappa shape index (κ1) is 14.0. The second-order valence-electron chi connectivity index (χ2n) is 4.19. The van der Waals surface area contributed by atoms with E-state index in [1.165, 1.54) is 12.4 Å². The number of hydrogen-bond acceptors (Lipinski definition) is 2. The van der Waals surface area contributed by atoms with E-state index in [4.69, 9.17) is 11.6 Å². The van der Waals surface area contributed by atoms with E-state index in [0.29, 0.717) is 10.8 Å². The molecular weight excluding hydrogens is 272 g/mol. The molecule has 0 bridgehead atoms. The fraction of sp³-hybridized carbons (Fsp3) is 0.308. The average Bonchev–Trinajstić information content (AvgIpc) is 2.84. The minimum atomic E-state index is -2.57. The van der Waals surface area contributed by atoms with E-state index < -0.39 is 6.55 Å². The van der Waals surface area contributed by atoms with Crippen LogP contribution in [0.2, 0.25) is 5.02 Å². The van der Waals surface area contributed by atoms with Crippen molar-refractivity contribution in [3.8, 4) is 0 Å². The Balaban J connectivity index is 2.00. The van der Waals surface area contributed by atoms with Gasteiger partial charge < -0.3 is 5.32 Å². The van der Waals surface area contributed by atoms with Crippen LogP contribution >= 0.6 is 11.6 Å². The van der Waals surface area contributed by atoms with Gasteiger partial charge in [-0.3, -0.25) is 4.57 Å². The molecule has 0 aliphatic heterocycles. The zero-order chi connectivity index (χ0) is 13.8. The van der Waals surface area contributed by atoms with Crippen molar-refractivity contribution < 1.29 is 8.78 Å². The highest BCUT2D eigenvalue weighted by Gasteiger charge is 2.12. The molecule has 19 heavy (non-hydrogen) atoms. The normalized spacial score (nSPS) is 12.9. The summed E-state index contributed by atoms with van der Waals surface area (Å²) >= 11 is 5.91. The number of nitrogens with zero attached hydrogens (tertiary/aromatic N) is 2. The number of hydrogen-bond donors (Lipinski definition) is 1. The first-order chi connectivity index (χ1) is 9.08. The maximum Gasteiger partial charge on any atom is 0.319 e. The van der Waals surface area contributed by atoms with Gasteiger partial charge in [0.05, 0.1) is 6.54 Å². The highest BCUT2D eigenvalue weighted by atomic mass is 35.5. The highest BCUT2D eigenvalue weighted by Crippen LogP contribution is 2.18. The van der Waals surface area contributed by atoms with Crippen LogP contribution in [0.5, 0.6) is 0 Å². The Bertz CT molecular complexity index is 542. The lowest BCUT2D eigenvalue weighted by Gasteiger charge is -2.15. The van der Waals surface area contributed by atoms with Crippen LogP contribution in [-0.2, 0) is 6.54 Å². The SMILES string of the molecule is C[C@H](NCc1nccn1C(F)F)c1cccc(Cl)c1. The predicted octanol–water partition coefficient (Wildman–Crippen LogP) is 3.78. The number of alkyl halides is 2. The summed E-state index contributed by atoms with van der Waals surface area (Å²) in [6, 6.07) is 7.43. The standard InChI is InChI=1S/C13H14ClF2N3/c1-9(10-3-2-4-11(14)7-10)18-8-12-17-5-6-19(12)13(15)16/h2-7,9,13,18H,8H2,1H3/t9-/m0/s1. The highest BCUT2D eigenvalue weighted by molar-refractivity contribution is 6.30. The minimum absolute atomic E-state index is 0.00141. The lowest BCUT2D eigenvalue weighted by atomic mass is 10.1. The van der Waals surface area contributed by atoms with E-state index in [-0.39, 0.29) is 12.6 Å². The molecule has 0 amide bonds. The fourth-order valence-electron chi connectivity index (χ4n) is 1.80. The molecule has 2 rings (SSSR count). The summed E-state index contributed by atoms with van der Waals surface area (Å²) in [5.41, 5.74) is 1.00.